The van der Waals surface area contributed by atoms with Crippen LogP contribution in [0.25, 0.3) is 0 Å². The molecule has 1 atom stereocenters. The van der Waals surface area contributed by atoms with Gasteiger partial charge >= 0.3 is 6.03 Å². The molecule has 5 nitrogen and oxygen atoms in total. The fourth-order valence-electron chi connectivity index (χ4n) is 2.40. The number of piperidine rings is 1. The van der Waals surface area contributed by atoms with Crippen LogP contribution in [0, 0.1) is 0 Å². The molecule has 2 amide bonds. The van der Waals surface area contributed by atoms with Crippen molar-refractivity contribution in [1.29, 1.82) is 0 Å². The Hall–Kier alpha value is -1.23. The SMILES string of the molecule is CN1CCC[C@@H](NC(=O)NC2=CNCCC2)C1. The first-order valence-corrected chi connectivity index (χ1v) is 6.42. The van der Waals surface area contributed by atoms with E-state index in [-0.39, 0.29) is 12.1 Å². The van der Waals surface area contributed by atoms with Crippen molar-refractivity contribution in [2.45, 2.75) is 31.7 Å². The lowest BCUT2D eigenvalue weighted by molar-refractivity contribution is 0.210. The molecule has 0 radical (unpaired) electrons. The summed E-state index contributed by atoms with van der Waals surface area (Å²) in [4.78, 5) is 14.0. The number of hydrogen-bond acceptors (Lipinski definition) is 3. The van der Waals surface area contributed by atoms with Gasteiger partial charge in [0, 0.05) is 31.0 Å². The zero-order valence-electron chi connectivity index (χ0n) is 10.5. The number of likely N-dealkylation sites (N-methyl/N-ethyl adjacent to an activating group) is 1. The van der Waals surface area contributed by atoms with Crippen LogP contribution in [-0.4, -0.2) is 43.7 Å². The molecule has 0 bridgehead atoms. The first-order valence-electron chi connectivity index (χ1n) is 6.42. The van der Waals surface area contributed by atoms with Crippen molar-refractivity contribution in [2.24, 2.45) is 0 Å². The minimum Gasteiger partial charge on any atom is -0.389 e. The van der Waals surface area contributed by atoms with E-state index in [1.165, 1.54) is 0 Å². The second-order valence-electron chi connectivity index (χ2n) is 4.93. The average molecular weight is 238 g/mol. The summed E-state index contributed by atoms with van der Waals surface area (Å²) in [6.07, 6.45) is 6.17. The number of carbonyl (C=O) groups is 1. The lowest BCUT2D eigenvalue weighted by atomic mass is 10.1. The number of carbonyl (C=O) groups excluding carboxylic acids is 1. The average Bonchev–Trinajstić information content (AvgIpc) is 2.30. The third-order valence-corrected chi connectivity index (χ3v) is 3.28. The molecule has 2 heterocycles. The van der Waals surface area contributed by atoms with Gasteiger partial charge in [-0.2, -0.15) is 0 Å². The van der Waals surface area contributed by atoms with Gasteiger partial charge in [-0.25, -0.2) is 4.79 Å². The van der Waals surface area contributed by atoms with Gasteiger partial charge < -0.3 is 20.9 Å². The first-order chi connectivity index (χ1) is 8.24. The van der Waals surface area contributed by atoms with E-state index in [1.807, 2.05) is 6.20 Å². The standard InChI is InChI=1S/C12H22N4O/c1-16-7-3-5-11(9-16)15-12(17)14-10-4-2-6-13-8-10/h8,11,13H,2-7,9H2,1H3,(H2,14,15,17)/t11-/m1/s1. The maximum atomic E-state index is 11.8. The van der Waals surface area contributed by atoms with E-state index in [2.05, 4.69) is 27.9 Å². The van der Waals surface area contributed by atoms with E-state index in [4.69, 9.17) is 0 Å². The molecule has 0 saturated carbocycles. The van der Waals surface area contributed by atoms with Crippen molar-refractivity contribution in [3.63, 3.8) is 0 Å². The number of nitrogens with one attached hydrogen (secondary N) is 3. The fourth-order valence-corrected chi connectivity index (χ4v) is 2.40. The van der Waals surface area contributed by atoms with Gasteiger partial charge in [-0.05, 0) is 39.3 Å². The zero-order valence-corrected chi connectivity index (χ0v) is 10.5. The maximum Gasteiger partial charge on any atom is 0.319 e. The normalized spacial score (nSPS) is 25.7. The summed E-state index contributed by atoms with van der Waals surface area (Å²) in [5.74, 6) is 0. The molecule has 0 aromatic rings. The quantitative estimate of drug-likeness (QED) is 0.660. The Labute approximate surface area is 103 Å². The highest BCUT2D eigenvalue weighted by Gasteiger charge is 2.19. The summed E-state index contributed by atoms with van der Waals surface area (Å²) >= 11 is 0. The molecular weight excluding hydrogens is 216 g/mol. The Balaban J connectivity index is 1.74. The van der Waals surface area contributed by atoms with Gasteiger partial charge in [0.2, 0.25) is 0 Å². The number of nitrogens with zero attached hydrogens (tertiary/aromatic N) is 1. The van der Waals surface area contributed by atoms with Crippen LogP contribution in [-0.2, 0) is 0 Å². The number of urea groups is 1. The number of rotatable bonds is 2. The van der Waals surface area contributed by atoms with Gasteiger partial charge in [-0.15, -0.1) is 0 Å². The predicted molar refractivity (Wildman–Crippen MR) is 67.5 cm³/mol. The zero-order chi connectivity index (χ0) is 12.1. The summed E-state index contributed by atoms with van der Waals surface area (Å²) in [5, 5.41) is 9.09. The van der Waals surface area contributed by atoms with E-state index < -0.39 is 0 Å². The lowest BCUT2D eigenvalue weighted by Crippen LogP contribution is -2.49. The Bertz CT molecular complexity index is 303. The molecule has 0 unspecified atom stereocenters. The third kappa shape index (κ3) is 3.93. The molecule has 2 aliphatic heterocycles. The van der Waals surface area contributed by atoms with Crippen molar-refractivity contribution in [1.82, 2.24) is 20.9 Å². The van der Waals surface area contributed by atoms with Crippen LogP contribution in [0.1, 0.15) is 25.7 Å². The molecule has 5 heteroatoms. The number of hydrogen-bond donors (Lipinski definition) is 3. The monoisotopic (exact) mass is 238 g/mol. The van der Waals surface area contributed by atoms with E-state index in [0.717, 1.165) is 51.0 Å². The second kappa shape index (κ2) is 5.91. The van der Waals surface area contributed by atoms with E-state index in [0.29, 0.717) is 0 Å². The van der Waals surface area contributed by atoms with Crippen molar-refractivity contribution >= 4 is 6.03 Å². The van der Waals surface area contributed by atoms with Crippen LogP contribution in [0.4, 0.5) is 4.79 Å². The molecule has 2 rings (SSSR count). The van der Waals surface area contributed by atoms with Crippen LogP contribution < -0.4 is 16.0 Å². The van der Waals surface area contributed by atoms with Crippen LogP contribution >= 0.6 is 0 Å². The maximum absolute atomic E-state index is 11.8. The van der Waals surface area contributed by atoms with Gasteiger partial charge in [0.25, 0.3) is 0 Å². The highest BCUT2D eigenvalue weighted by Crippen LogP contribution is 2.08. The smallest absolute Gasteiger partial charge is 0.319 e. The Morgan fingerprint density at radius 3 is 3.12 bits per heavy atom. The van der Waals surface area contributed by atoms with E-state index >= 15 is 0 Å². The first kappa shape index (κ1) is 12.2. The molecule has 17 heavy (non-hydrogen) atoms. The highest BCUT2D eigenvalue weighted by atomic mass is 16.2. The minimum absolute atomic E-state index is 0.0692. The van der Waals surface area contributed by atoms with Crippen molar-refractivity contribution in [3.05, 3.63) is 11.9 Å². The molecule has 96 valence electrons. The molecule has 0 spiro atoms. The summed E-state index contributed by atoms with van der Waals surface area (Å²) in [5.41, 5.74) is 0.984. The minimum atomic E-state index is -0.0692. The van der Waals surface area contributed by atoms with Crippen molar-refractivity contribution < 1.29 is 4.79 Å². The van der Waals surface area contributed by atoms with Gasteiger partial charge in [0.15, 0.2) is 0 Å². The van der Waals surface area contributed by atoms with Gasteiger partial charge in [0.05, 0.1) is 0 Å². The summed E-state index contributed by atoms with van der Waals surface area (Å²) < 4.78 is 0. The molecular formula is C12H22N4O. The largest absolute Gasteiger partial charge is 0.389 e. The molecule has 0 aromatic carbocycles. The number of likely N-dealkylation sites (tertiary alicyclic amines) is 1. The van der Waals surface area contributed by atoms with Crippen molar-refractivity contribution in [3.8, 4) is 0 Å². The molecule has 1 saturated heterocycles. The van der Waals surface area contributed by atoms with Crippen molar-refractivity contribution in [2.75, 3.05) is 26.7 Å². The summed E-state index contributed by atoms with van der Waals surface area (Å²) in [6, 6.07) is 0.214. The van der Waals surface area contributed by atoms with Crippen LogP contribution in [0.3, 0.4) is 0 Å². The molecule has 1 fully saturated rings. The Kier molecular flexibility index (Phi) is 4.25. The molecule has 0 aromatic heterocycles. The van der Waals surface area contributed by atoms with E-state index in [1.54, 1.807) is 0 Å². The summed E-state index contributed by atoms with van der Waals surface area (Å²) in [7, 11) is 2.10. The number of amides is 2. The Morgan fingerprint density at radius 2 is 2.41 bits per heavy atom. The van der Waals surface area contributed by atoms with Crippen LogP contribution in [0.15, 0.2) is 11.9 Å². The number of allylic oxidation sites excluding steroid dienone is 1. The topological polar surface area (TPSA) is 56.4 Å². The third-order valence-electron chi connectivity index (χ3n) is 3.28. The van der Waals surface area contributed by atoms with E-state index in [9.17, 15) is 4.79 Å². The Morgan fingerprint density at radius 1 is 1.53 bits per heavy atom. The molecule has 0 aliphatic carbocycles. The summed E-state index contributed by atoms with van der Waals surface area (Å²) in [6.45, 7) is 3.08. The molecule has 3 N–H and O–H groups in total. The predicted octanol–water partition coefficient (Wildman–Crippen LogP) is 0.605. The van der Waals surface area contributed by atoms with Crippen LogP contribution in [0.2, 0.25) is 0 Å². The van der Waals surface area contributed by atoms with Gasteiger partial charge in [0.1, 0.15) is 0 Å². The lowest BCUT2D eigenvalue weighted by Gasteiger charge is -2.30. The highest BCUT2D eigenvalue weighted by molar-refractivity contribution is 5.76. The van der Waals surface area contributed by atoms with Gasteiger partial charge in [-0.3, -0.25) is 0 Å². The second-order valence-corrected chi connectivity index (χ2v) is 4.93. The van der Waals surface area contributed by atoms with Crippen LogP contribution in [0.5, 0.6) is 0 Å². The fraction of sp³-hybridized carbons (Fsp3) is 0.750. The van der Waals surface area contributed by atoms with Gasteiger partial charge in [-0.1, -0.05) is 0 Å². The molecule has 2 aliphatic rings.